The van der Waals surface area contributed by atoms with Gasteiger partial charge in [0, 0.05) is 20.8 Å². The molecule has 0 saturated carbocycles. The molecule has 0 aromatic heterocycles. The highest BCUT2D eigenvalue weighted by molar-refractivity contribution is 4.98. The average molecular weight is 185 g/mol. The number of rotatable bonds is 7. The number of terminal acetylenes is 1. The standard InChI is InChI=1S/C10H19NO2/c1-5-9(6-2)11-7-10(13-4)8-12-3/h1,9-11H,6-8H2,2-4H3. The van der Waals surface area contributed by atoms with Gasteiger partial charge in [-0.05, 0) is 6.42 Å². The van der Waals surface area contributed by atoms with Crippen molar-refractivity contribution < 1.29 is 9.47 Å². The fourth-order valence-corrected chi connectivity index (χ4v) is 0.991. The molecule has 2 unspecified atom stereocenters. The zero-order valence-corrected chi connectivity index (χ0v) is 8.67. The van der Waals surface area contributed by atoms with Crippen LogP contribution in [-0.2, 0) is 9.47 Å². The van der Waals surface area contributed by atoms with E-state index in [1.165, 1.54) is 0 Å². The summed E-state index contributed by atoms with van der Waals surface area (Å²) in [5, 5.41) is 3.21. The second-order valence-corrected chi connectivity index (χ2v) is 2.85. The molecule has 0 aromatic rings. The van der Waals surface area contributed by atoms with Crippen LogP contribution in [0.2, 0.25) is 0 Å². The van der Waals surface area contributed by atoms with Crippen molar-refractivity contribution in [2.75, 3.05) is 27.4 Å². The molecule has 0 saturated heterocycles. The first-order chi connectivity index (χ1) is 6.28. The molecule has 13 heavy (non-hydrogen) atoms. The van der Waals surface area contributed by atoms with Crippen LogP contribution < -0.4 is 5.32 Å². The highest BCUT2D eigenvalue weighted by atomic mass is 16.5. The van der Waals surface area contributed by atoms with Crippen LogP contribution in [0, 0.1) is 12.3 Å². The lowest BCUT2D eigenvalue weighted by Crippen LogP contribution is -2.37. The smallest absolute Gasteiger partial charge is 0.0928 e. The Morgan fingerprint density at radius 2 is 2.15 bits per heavy atom. The first kappa shape index (κ1) is 12.4. The molecule has 1 N–H and O–H groups in total. The number of nitrogens with one attached hydrogen (secondary N) is 1. The summed E-state index contributed by atoms with van der Waals surface area (Å²) in [7, 11) is 3.33. The van der Waals surface area contributed by atoms with Crippen molar-refractivity contribution in [3.63, 3.8) is 0 Å². The van der Waals surface area contributed by atoms with E-state index in [0.717, 1.165) is 13.0 Å². The maximum absolute atomic E-state index is 5.30. The summed E-state index contributed by atoms with van der Waals surface area (Å²) >= 11 is 0. The molecule has 0 spiro atoms. The molecular weight excluding hydrogens is 166 g/mol. The minimum Gasteiger partial charge on any atom is -0.382 e. The highest BCUT2D eigenvalue weighted by Crippen LogP contribution is 1.92. The molecule has 0 radical (unpaired) electrons. The lowest BCUT2D eigenvalue weighted by atomic mass is 10.2. The predicted octanol–water partition coefficient (Wildman–Crippen LogP) is 0.649. The van der Waals surface area contributed by atoms with Gasteiger partial charge >= 0.3 is 0 Å². The Morgan fingerprint density at radius 1 is 1.46 bits per heavy atom. The molecule has 0 aliphatic carbocycles. The lowest BCUT2D eigenvalue weighted by molar-refractivity contribution is 0.0282. The maximum Gasteiger partial charge on any atom is 0.0928 e. The zero-order valence-electron chi connectivity index (χ0n) is 8.67. The SMILES string of the molecule is C#CC(CC)NCC(COC)OC. The van der Waals surface area contributed by atoms with Gasteiger partial charge in [-0.25, -0.2) is 0 Å². The third-order valence-electron chi connectivity index (χ3n) is 1.89. The van der Waals surface area contributed by atoms with Gasteiger partial charge in [0.15, 0.2) is 0 Å². The lowest BCUT2D eigenvalue weighted by Gasteiger charge is -2.17. The molecule has 0 aliphatic rings. The van der Waals surface area contributed by atoms with E-state index in [1.54, 1.807) is 14.2 Å². The molecule has 3 heteroatoms. The van der Waals surface area contributed by atoms with Crippen LogP contribution in [0.15, 0.2) is 0 Å². The number of hydrogen-bond donors (Lipinski definition) is 1. The fourth-order valence-electron chi connectivity index (χ4n) is 0.991. The van der Waals surface area contributed by atoms with Gasteiger partial charge in [0.1, 0.15) is 0 Å². The molecule has 0 aliphatic heterocycles. The molecule has 0 aromatic carbocycles. The van der Waals surface area contributed by atoms with Crippen LogP contribution in [0.5, 0.6) is 0 Å². The van der Waals surface area contributed by atoms with E-state index >= 15 is 0 Å². The van der Waals surface area contributed by atoms with Gasteiger partial charge < -0.3 is 14.8 Å². The van der Waals surface area contributed by atoms with E-state index in [0.29, 0.717) is 6.61 Å². The van der Waals surface area contributed by atoms with Crippen molar-refractivity contribution in [2.45, 2.75) is 25.5 Å². The quantitative estimate of drug-likeness (QED) is 0.591. The molecule has 0 bridgehead atoms. The molecule has 0 fully saturated rings. The van der Waals surface area contributed by atoms with Gasteiger partial charge in [0.25, 0.3) is 0 Å². The monoisotopic (exact) mass is 185 g/mol. The molecule has 2 atom stereocenters. The third-order valence-corrected chi connectivity index (χ3v) is 1.89. The van der Waals surface area contributed by atoms with Crippen molar-refractivity contribution in [3.8, 4) is 12.3 Å². The van der Waals surface area contributed by atoms with Crippen molar-refractivity contribution >= 4 is 0 Å². The van der Waals surface area contributed by atoms with Gasteiger partial charge in [-0.2, -0.15) is 0 Å². The van der Waals surface area contributed by atoms with Crippen LogP contribution in [0.25, 0.3) is 0 Å². The van der Waals surface area contributed by atoms with Crippen molar-refractivity contribution in [3.05, 3.63) is 0 Å². The van der Waals surface area contributed by atoms with Crippen LogP contribution in [0.4, 0.5) is 0 Å². The van der Waals surface area contributed by atoms with Crippen molar-refractivity contribution in [2.24, 2.45) is 0 Å². The average Bonchev–Trinajstić information content (AvgIpc) is 2.17. The summed E-state index contributed by atoms with van der Waals surface area (Å²) in [6.45, 7) is 3.37. The predicted molar refractivity (Wildman–Crippen MR) is 53.6 cm³/mol. The first-order valence-electron chi connectivity index (χ1n) is 4.49. The van der Waals surface area contributed by atoms with E-state index in [-0.39, 0.29) is 12.1 Å². The van der Waals surface area contributed by atoms with Gasteiger partial charge in [-0.3, -0.25) is 0 Å². The number of hydrogen-bond acceptors (Lipinski definition) is 3. The van der Waals surface area contributed by atoms with Crippen LogP contribution in [0.1, 0.15) is 13.3 Å². The molecule has 0 heterocycles. The molecular formula is C10H19NO2. The maximum atomic E-state index is 5.30. The summed E-state index contributed by atoms with van der Waals surface area (Å²) in [6.07, 6.45) is 6.31. The molecule has 3 nitrogen and oxygen atoms in total. The van der Waals surface area contributed by atoms with E-state index in [1.807, 2.05) is 0 Å². The van der Waals surface area contributed by atoms with E-state index < -0.39 is 0 Å². The van der Waals surface area contributed by atoms with Crippen molar-refractivity contribution in [1.82, 2.24) is 5.32 Å². The third kappa shape index (κ3) is 5.64. The zero-order chi connectivity index (χ0) is 10.1. The summed E-state index contributed by atoms with van der Waals surface area (Å²) < 4.78 is 10.2. The highest BCUT2D eigenvalue weighted by Gasteiger charge is 2.08. The molecule has 0 rings (SSSR count). The Balaban J connectivity index is 3.64. The van der Waals surface area contributed by atoms with Gasteiger partial charge in [-0.1, -0.05) is 12.8 Å². The first-order valence-corrected chi connectivity index (χ1v) is 4.49. The fraction of sp³-hybridized carbons (Fsp3) is 0.800. The van der Waals surface area contributed by atoms with Gasteiger partial charge in [0.2, 0.25) is 0 Å². The van der Waals surface area contributed by atoms with Crippen LogP contribution in [-0.4, -0.2) is 39.5 Å². The Hall–Kier alpha value is -0.560. The van der Waals surface area contributed by atoms with E-state index in [9.17, 15) is 0 Å². The second kappa shape index (κ2) is 8.06. The molecule has 0 amide bonds. The van der Waals surface area contributed by atoms with Crippen LogP contribution >= 0.6 is 0 Å². The molecule has 76 valence electrons. The van der Waals surface area contributed by atoms with Crippen molar-refractivity contribution in [1.29, 1.82) is 0 Å². The summed E-state index contributed by atoms with van der Waals surface area (Å²) in [5.41, 5.74) is 0. The van der Waals surface area contributed by atoms with Crippen LogP contribution in [0.3, 0.4) is 0 Å². The Bertz CT molecular complexity index is 153. The normalized spacial score (nSPS) is 14.9. The largest absolute Gasteiger partial charge is 0.382 e. The van der Waals surface area contributed by atoms with E-state index in [2.05, 4.69) is 18.2 Å². The van der Waals surface area contributed by atoms with Gasteiger partial charge in [-0.15, -0.1) is 6.42 Å². The Labute approximate surface area is 80.8 Å². The number of methoxy groups -OCH3 is 2. The van der Waals surface area contributed by atoms with Gasteiger partial charge in [0.05, 0.1) is 18.8 Å². The second-order valence-electron chi connectivity index (χ2n) is 2.85. The summed E-state index contributed by atoms with van der Waals surface area (Å²) in [5.74, 6) is 2.67. The minimum absolute atomic E-state index is 0.0763. The Morgan fingerprint density at radius 3 is 2.54 bits per heavy atom. The summed E-state index contributed by atoms with van der Waals surface area (Å²) in [4.78, 5) is 0. The topological polar surface area (TPSA) is 30.5 Å². The summed E-state index contributed by atoms with van der Waals surface area (Å²) in [6, 6.07) is 0.134. The number of ether oxygens (including phenoxy) is 2. The Kier molecular flexibility index (Phi) is 7.71. The van der Waals surface area contributed by atoms with E-state index in [4.69, 9.17) is 15.9 Å². The minimum atomic E-state index is 0.0763.